The van der Waals surface area contributed by atoms with Crippen LogP contribution in [0.15, 0.2) is 60.7 Å². The molecule has 0 atom stereocenters. The molecule has 0 unspecified atom stereocenters. The number of hydrogen-bond acceptors (Lipinski definition) is 2. The summed E-state index contributed by atoms with van der Waals surface area (Å²) < 4.78 is 40.8. The van der Waals surface area contributed by atoms with Gasteiger partial charge in [-0.15, -0.1) is 0 Å². The molecule has 0 aliphatic heterocycles. The maximum Gasteiger partial charge on any atom is 0.258 e. The van der Waals surface area contributed by atoms with Crippen LogP contribution >= 0.6 is 11.6 Å². The Balaban J connectivity index is 1.82. The topological polar surface area (TPSA) is 62.0 Å². The van der Waals surface area contributed by atoms with Crippen LogP contribution in [0.1, 0.15) is 26.4 Å². The van der Waals surface area contributed by atoms with E-state index in [9.17, 15) is 22.8 Å². The van der Waals surface area contributed by atoms with Gasteiger partial charge in [0.05, 0.1) is 11.3 Å². The van der Waals surface area contributed by atoms with Crippen molar-refractivity contribution in [1.29, 1.82) is 0 Å². The van der Waals surface area contributed by atoms with Crippen LogP contribution < -0.4 is 5.32 Å². The minimum Gasteiger partial charge on any atom is -0.350 e. The Morgan fingerprint density at radius 1 is 0.900 bits per heavy atom. The van der Waals surface area contributed by atoms with Crippen LogP contribution in [0.5, 0.6) is 0 Å². The van der Waals surface area contributed by atoms with E-state index >= 15 is 0 Å². The highest BCUT2D eigenvalue weighted by molar-refractivity contribution is 6.31. The summed E-state index contributed by atoms with van der Waals surface area (Å²) in [5, 5.41) is 3.28. The average molecular weight is 429 g/mol. The van der Waals surface area contributed by atoms with E-state index in [1.165, 1.54) is 0 Å². The summed E-state index contributed by atoms with van der Waals surface area (Å²) >= 11 is 6.01. The number of rotatable bonds is 4. The van der Waals surface area contributed by atoms with Gasteiger partial charge in [-0.3, -0.25) is 9.59 Å². The van der Waals surface area contributed by atoms with E-state index in [4.69, 9.17) is 11.6 Å². The molecule has 150 valence electrons. The minimum atomic E-state index is -1.76. The maximum absolute atomic E-state index is 14.1. The van der Waals surface area contributed by atoms with Crippen molar-refractivity contribution in [2.24, 2.45) is 0 Å². The standard InChI is InChI=1S/C22H12ClF3N2O2/c23-12-6-7-13-16(10-12)27-20(21(29)11-4-2-1-3-5-11)19(13)28-22(30)14-8-9-15(24)18(26)17(14)25/h1-10,27H,(H,28,30). The van der Waals surface area contributed by atoms with Crippen LogP contribution in [0.2, 0.25) is 5.02 Å². The first-order valence-electron chi connectivity index (χ1n) is 8.72. The predicted molar refractivity (Wildman–Crippen MR) is 107 cm³/mol. The van der Waals surface area contributed by atoms with Gasteiger partial charge in [-0.2, -0.15) is 0 Å². The molecule has 0 saturated carbocycles. The lowest BCUT2D eigenvalue weighted by Gasteiger charge is -2.09. The number of anilines is 1. The maximum atomic E-state index is 14.1. The molecular formula is C22H12ClF3N2O2. The highest BCUT2D eigenvalue weighted by Gasteiger charge is 2.24. The molecule has 0 saturated heterocycles. The second-order valence-electron chi connectivity index (χ2n) is 6.44. The van der Waals surface area contributed by atoms with Gasteiger partial charge in [0.15, 0.2) is 17.5 Å². The van der Waals surface area contributed by atoms with E-state index in [1.54, 1.807) is 48.5 Å². The fourth-order valence-corrected chi connectivity index (χ4v) is 3.26. The lowest BCUT2D eigenvalue weighted by atomic mass is 10.1. The summed E-state index contributed by atoms with van der Waals surface area (Å²) in [6.07, 6.45) is 0. The molecule has 0 fully saturated rings. The monoisotopic (exact) mass is 428 g/mol. The lowest BCUT2D eigenvalue weighted by molar-refractivity contribution is 0.102. The molecule has 0 aliphatic carbocycles. The van der Waals surface area contributed by atoms with E-state index in [2.05, 4.69) is 10.3 Å². The molecule has 8 heteroatoms. The second kappa shape index (κ2) is 7.68. The highest BCUT2D eigenvalue weighted by atomic mass is 35.5. The van der Waals surface area contributed by atoms with Crippen molar-refractivity contribution in [1.82, 2.24) is 4.98 Å². The Hall–Kier alpha value is -3.58. The molecule has 4 nitrogen and oxygen atoms in total. The molecule has 1 amide bonds. The Morgan fingerprint density at radius 2 is 1.63 bits per heavy atom. The number of halogens is 4. The lowest BCUT2D eigenvalue weighted by Crippen LogP contribution is -2.17. The van der Waals surface area contributed by atoms with Crippen molar-refractivity contribution in [2.75, 3.05) is 5.32 Å². The van der Waals surface area contributed by atoms with Crippen molar-refractivity contribution >= 4 is 39.9 Å². The second-order valence-corrected chi connectivity index (χ2v) is 6.87. The molecule has 2 N–H and O–H groups in total. The van der Waals surface area contributed by atoms with Crippen molar-refractivity contribution in [3.8, 4) is 0 Å². The number of carbonyl (C=O) groups is 2. The van der Waals surface area contributed by atoms with Gasteiger partial charge in [-0.1, -0.05) is 41.9 Å². The molecule has 4 aromatic rings. The molecular weight excluding hydrogens is 417 g/mol. The van der Waals surface area contributed by atoms with Crippen molar-refractivity contribution < 1.29 is 22.8 Å². The number of H-pyrrole nitrogens is 1. The summed E-state index contributed by atoms with van der Waals surface area (Å²) in [6.45, 7) is 0. The zero-order valence-corrected chi connectivity index (χ0v) is 15.9. The smallest absolute Gasteiger partial charge is 0.258 e. The van der Waals surface area contributed by atoms with Crippen molar-refractivity contribution in [3.63, 3.8) is 0 Å². The van der Waals surface area contributed by atoms with E-state index in [1.807, 2.05) is 0 Å². The summed E-state index contributed by atoms with van der Waals surface area (Å²) in [6, 6.07) is 14.5. The summed E-state index contributed by atoms with van der Waals surface area (Å²) in [5.41, 5.74) is 0.224. The number of hydrogen-bond donors (Lipinski definition) is 2. The van der Waals surface area contributed by atoms with E-state index in [-0.39, 0.29) is 11.4 Å². The molecule has 4 rings (SSSR count). The van der Waals surface area contributed by atoms with Crippen LogP contribution in [0.4, 0.5) is 18.9 Å². The Labute approximate surface area is 173 Å². The molecule has 0 bridgehead atoms. The molecule has 30 heavy (non-hydrogen) atoms. The Kier molecular flexibility index (Phi) is 5.05. The minimum absolute atomic E-state index is 0.0369. The number of carbonyl (C=O) groups excluding carboxylic acids is 2. The normalized spacial score (nSPS) is 10.9. The third-order valence-corrected chi connectivity index (χ3v) is 4.78. The molecule has 0 spiro atoms. The van der Waals surface area contributed by atoms with Gasteiger partial charge in [-0.25, -0.2) is 13.2 Å². The number of fused-ring (bicyclic) bond motifs is 1. The molecule has 1 heterocycles. The summed E-state index contributed by atoms with van der Waals surface area (Å²) in [4.78, 5) is 28.6. The quantitative estimate of drug-likeness (QED) is 0.322. The first-order valence-corrected chi connectivity index (χ1v) is 9.10. The van der Waals surface area contributed by atoms with Crippen molar-refractivity contribution in [3.05, 3.63) is 100.0 Å². The van der Waals surface area contributed by atoms with E-state index < -0.39 is 34.7 Å². The fraction of sp³-hybridized carbons (Fsp3) is 0. The van der Waals surface area contributed by atoms with Crippen LogP contribution in [-0.2, 0) is 0 Å². The Morgan fingerprint density at radius 3 is 2.37 bits per heavy atom. The van der Waals surface area contributed by atoms with Gasteiger partial charge in [0.25, 0.3) is 5.91 Å². The number of nitrogens with one attached hydrogen (secondary N) is 2. The van der Waals surface area contributed by atoms with Gasteiger partial charge in [0, 0.05) is 21.5 Å². The average Bonchev–Trinajstić information content (AvgIpc) is 3.09. The van der Waals surface area contributed by atoms with Crippen LogP contribution in [-0.4, -0.2) is 16.7 Å². The third-order valence-electron chi connectivity index (χ3n) is 4.54. The molecule has 0 radical (unpaired) electrons. The number of benzene rings is 3. The van der Waals surface area contributed by atoms with E-state index in [0.717, 1.165) is 6.07 Å². The van der Waals surface area contributed by atoms with Gasteiger partial charge in [0.2, 0.25) is 5.78 Å². The van der Waals surface area contributed by atoms with Gasteiger partial charge in [0.1, 0.15) is 5.69 Å². The fourth-order valence-electron chi connectivity index (χ4n) is 3.09. The van der Waals surface area contributed by atoms with Crippen molar-refractivity contribution in [2.45, 2.75) is 0 Å². The number of aromatic amines is 1. The summed E-state index contributed by atoms with van der Waals surface area (Å²) in [5.74, 6) is -6.25. The third kappa shape index (κ3) is 3.44. The zero-order valence-electron chi connectivity index (χ0n) is 15.1. The van der Waals surface area contributed by atoms with Gasteiger partial charge in [-0.05, 0) is 30.3 Å². The largest absolute Gasteiger partial charge is 0.350 e. The first kappa shape index (κ1) is 19.7. The highest BCUT2D eigenvalue weighted by Crippen LogP contribution is 2.32. The van der Waals surface area contributed by atoms with Gasteiger partial charge >= 0.3 is 0 Å². The number of aromatic nitrogens is 1. The van der Waals surface area contributed by atoms with Crippen LogP contribution in [0.25, 0.3) is 10.9 Å². The molecule has 1 aromatic heterocycles. The van der Waals surface area contributed by atoms with E-state index in [0.29, 0.717) is 27.6 Å². The first-order chi connectivity index (χ1) is 14.4. The molecule has 0 aliphatic rings. The molecule has 3 aromatic carbocycles. The zero-order chi connectivity index (χ0) is 21.4. The number of ketones is 1. The van der Waals surface area contributed by atoms with Crippen LogP contribution in [0, 0.1) is 17.5 Å². The summed E-state index contributed by atoms with van der Waals surface area (Å²) in [7, 11) is 0. The van der Waals surface area contributed by atoms with Gasteiger partial charge < -0.3 is 10.3 Å². The SMILES string of the molecule is O=C(Nc1c(C(=O)c2ccccc2)[nH]c2cc(Cl)ccc12)c1ccc(F)c(F)c1F. The number of amides is 1. The van der Waals surface area contributed by atoms with Crippen LogP contribution in [0.3, 0.4) is 0 Å². The predicted octanol–water partition coefficient (Wildman–Crippen LogP) is 5.72. The Bertz CT molecular complexity index is 1300.